The lowest BCUT2D eigenvalue weighted by Crippen LogP contribution is -2.23. The second-order valence-corrected chi connectivity index (χ2v) is 7.79. The minimum absolute atomic E-state index is 0.00352. The van der Waals surface area contributed by atoms with Crippen LogP contribution in [0.25, 0.3) is 0 Å². The van der Waals surface area contributed by atoms with Crippen LogP contribution in [-0.4, -0.2) is 36.8 Å². The second kappa shape index (κ2) is 11.1. The topological polar surface area (TPSA) is 120 Å². The van der Waals surface area contributed by atoms with Gasteiger partial charge in [0.1, 0.15) is 0 Å². The van der Waals surface area contributed by atoms with E-state index in [0.29, 0.717) is 23.6 Å². The molecule has 0 saturated heterocycles. The number of aliphatic imine (C=N–C) groups is 1. The minimum atomic E-state index is -0.881. The molecule has 1 unspecified atom stereocenters. The molecule has 2 aromatic carbocycles. The van der Waals surface area contributed by atoms with Gasteiger partial charge >= 0.3 is 5.97 Å². The largest absolute Gasteiger partial charge is 0.493 e. The number of aliphatic carboxylic acids is 1. The average Bonchev–Trinajstić information content (AvgIpc) is 3.26. The molecule has 1 saturated carbocycles. The monoisotopic (exact) mass is 435 g/mol. The summed E-state index contributed by atoms with van der Waals surface area (Å²) in [5, 5.41) is 9.02. The number of benzene rings is 2. The first-order valence-electron chi connectivity index (χ1n) is 10.7. The van der Waals surface area contributed by atoms with Crippen LogP contribution in [0, 0.1) is 11.8 Å². The third-order valence-corrected chi connectivity index (χ3v) is 5.32. The molecule has 0 aliphatic heterocycles. The Balaban J connectivity index is 1.90. The third-order valence-electron chi connectivity index (χ3n) is 5.32. The molecule has 0 aromatic heterocycles. The Morgan fingerprint density at radius 1 is 1.19 bits per heavy atom. The van der Waals surface area contributed by atoms with Crippen LogP contribution < -0.4 is 20.9 Å². The number of hydrogen-bond acceptors (Lipinski definition) is 4. The molecule has 32 heavy (non-hydrogen) atoms. The van der Waals surface area contributed by atoms with E-state index in [1.807, 2.05) is 24.3 Å². The van der Waals surface area contributed by atoms with Crippen LogP contribution in [0.4, 0.5) is 0 Å². The number of hydrogen-bond donors (Lipinski definition) is 3. The number of carboxylic acids is 1. The number of nitrogens with zero attached hydrogens (tertiary/aromatic N) is 1. The van der Waals surface area contributed by atoms with E-state index in [4.69, 9.17) is 26.0 Å². The first-order valence-corrected chi connectivity index (χ1v) is 10.7. The van der Waals surface area contributed by atoms with Gasteiger partial charge in [-0.05, 0) is 61.1 Å². The smallest absolute Gasteiger partial charge is 0.307 e. The molecule has 168 valence electrons. The number of carbonyl (C=O) groups is 1. The van der Waals surface area contributed by atoms with Crippen LogP contribution in [0.2, 0.25) is 0 Å². The van der Waals surface area contributed by atoms with E-state index in [1.165, 1.54) is 12.8 Å². The molecule has 0 bridgehead atoms. The number of methoxy groups -OCH3 is 1. The summed E-state index contributed by atoms with van der Waals surface area (Å²) < 4.78 is 11.7. The van der Waals surface area contributed by atoms with Crippen LogP contribution in [0.1, 0.15) is 48.3 Å². The van der Waals surface area contributed by atoms with Gasteiger partial charge in [-0.2, -0.15) is 0 Å². The summed E-state index contributed by atoms with van der Waals surface area (Å²) in [5.74, 6) is 6.57. The van der Waals surface area contributed by atoms with E-state index in [1.54, 1.807) is 25.3 Å². The first-order chi connectivity index (χ1) is 15.4. The standard InChI is InChI=1S/C25H29N3O4/c1-31-22-12-11-19(15-23(22)32-21-7-2-3-8-21)20(16-28-25(26)27)10-9-17-5-4-6-18(13-17)14-24(29)30/h4-6,11-13,15,20-21H,2-3,7-8,14,16H2,1H3,(H,29,30)(H4,26,27,28). The molecule has 1 aliphatic carbocycles. The third kappa shape index (κ3) is 6.67. The van der Waals surface area contributed by atoms with Gasteiger partial charge in [0.25, 0.3) is 0 Å². The van der Waals surface area contributed by atoms with Crippen LogP contribution in [0.3, 0.4) is 0 Å². The molecular weight excluding hydrogens is 406 g/mol. The predicted molar refractivity (Wildman–Crippen MR) is 124 cm³/mol. The highest BCUT2D eigenvalue weighted by molar-refractivity contribution is 5.75. The average molecular weight is 436 g/mol. The summed E-state index contributed by atoms with van der Waals surface area (Å²) in [5.41, 5.74) is 13.5. The molecule has 7 heteroatoms. The second-order valence-electron chi connectivity index (χ2n) is 7.79. The maximum absolute atomic E-state index is 11.0. The highest BCUT2D eigenvalue weighted by atomic mass is 16.5. The molecule has 5 N–H and O–H groups in total. The van der Waals surface area contributed by atoms with Crippen molar-refractivity contribution in [1.29, 1.82) is 0 Å². The molecule has 0 heterocycles. The maximum atomic E-state index is 11.0. The van der Waals surface area contributed by atoms with Gasteiger partial charge in [-0.15, -0.1) is 0 Å². The van der Waals surface area contributed by atoms with Crippen LogP contribution >= 0.6 is 0 Å². The Hall–Kier alpha value is -3.66. The van der Waals surface area contributed by atoms with E-state index in [-0.39, 0.29) is 24.4 Å². The lowest BCUT2D eigenvalue weighted by atomic mass is 9.98. The molecule has 0 spiro atoms. The number of rotatable bonds is 8. The van der Waals surface area contributed by atoms with Crippen molar-refractivity contribution in [1.82, 2.24) is 0 Å². The molecule has 0 amide bonds. The zero-order valence-corrected chi connectivity index (χ0v) is 18.2. The zero-order valence-electron chi connectivity index (χ0n) is 18.2. The summed E-state index contributed by atoms with van der Waals surface area (Å²) in [6, 6.07) is 12.9. The molecule has 1 fully saturated rings. The number of carboxylic acid groups (broad SMARTS) is 1. The van der Waals surface area contributed by atoms with Crippen molar-refractivity contribution < 1.29 is 19.4 Å². The van der Waals surface area contributed by atoms with E-state index < -0.39 is 5.97 Å². The first kappa shape index (κ1) is 23.0. The molecular formula is C25H29N3O4. The Labute approximate surface area is 188 Å². The van der Waals surface area contributed by atoms with Gasteiger partial charge in [-0.3, -0.25) is 9.79 Å². The van der Waals surface area contributed by atoms with Gasteiger partial charge in [-0.25, -0.2) is 0 Å². The molecule has 2 aromatic rings. The highest BCUT2D eigenvalue weighted by Crippen LogP contribution is 2.34. The summed E-state index contributed by atoms with van der Waals surface area (Å²) in [4.78, 5) is 15.2. The molecule has 1 atom stereocenters. The predicted octanol–water partition coefficient (Wildman–Crippen LogP) is 3.05. The van der Waals surface area contributed by atoms with Crippen molar-refractivity contribution in [3.63, 3.8) is 0 Å². The summed E-state index contributed by atoms with van der Waals surface area (Å²) in [7, 11) is 1.62. The van der Waals surface area contributed by atoms with Gasteiger partial charge in [-0.1, -0.05) is 30.0 Å². The van der Waals surface area contributed by atoms with Crippen molar-refractivity contribution in [3.8, 4) is 23.3 Å². The van der Waals surface area contributed by atoms with Crippen LogP contribution in [0.5, 0.6) is 11.5 Å². The maximum Gasteiger partial charge on any atom is 0.307 e. The molecule has 3 rings (SSSR count). The Morgan fingerprint density at radius 2 is 1.97 bits per heavy atom. The fourth-order valence-corrected chi connectivity index (χ4v) is 3.72. The van der Waals surface area contributed by atoms with Gasteiger partial charge < -0.3 is 26.0 Å². The van der Waals surface area contributed by atoms with Crippen molar-refractivity contribution >= 4 is 11.9 Å². The van der Waals surface area contributed by atoms with Gasteiger partial charge in [0.2, 0.25) is 0 Å². The fraction of sp³-hybridized carbons (Fsp3) is 0.360. The normalized spacial score (nSPS) is 14.2. The van der Waals surface area contributed by atoms with Crippen molar-refractivity contribution in [3.05, 3.63) is 59.2 Å². The van der Waals surface area contributed by atoms with E-state index >= 15 is 0 Å². The molecule has 7 nitrogen and oxygen atoms in total. The fourth-order valence-electron chi connectivity index (χ4n) is 3.72. The molecule has 0 radical (unpaired) electrons. The number of ether oxygens (including phenoxy) is 2. The van der Waals surface area contributed by atoms with Gasteiger partial charge in [0.05, 0.1) is 32.1 Å². The highest BCUT2D eigenvalue weighted by Gasteiger charge is 2.20. The van der Waals surface area contributed by atoms with Gasteiger partial charge in [0.15, 0.2) is 17.5 Å². The zero-order chi connectivity index (χ0) is 22.9. The van der Waals surface area contributed by atoms with E-state index in [0.717, 1.165) is 24.0 Å². The van der Waals surface area contributed by atoms with Crippen molar-refractivity contribution in [2.45, 2.75) is 44.1 Å². The Morgan fingerprint density at radius 3 is 2.66 bits per heavy atom. The number of guanidine groups is 1. The summed E-state index contributed by atoms with van der Waals surface area (Å²) in [6.45, 7) is 0.291. The van der Waals surface area contributed by atoms with Crippen molar-refractivity contribution in [2.24, 2.45) is 16.5 Å². The van der Waals surface area contributed by atoms with E-state index in [9.17, 15) is 4.79 Å². The molecule has 1 aliphatic rings. The van der Waals surface area contributed by atoms with Crippen LogP contribution in [-0.2, 0) is 11.2 Å². The summed E-state index contributed by atoms with van der Waals surface area (Å²) in [6.07, 6.45) is 4.57. The Bertz CT molecular complexity index is 1030. The van der Waals surface area contributed by atoms with Crippen molar-refractivity contribution in [2.75, 3.05) is 13.7 Å². The summed E-state index contributed by atoms with van der Waals surface area (Å²) >= 11 is 0. The quantitative estimate of drug-likeness (QED) is 0.333. The lowest BCUT2D eigenvalue weighted by molar-refractivity contribution is -0.136. The SMILES string of the molecule is COc1ccc(C(C#Cc2cccc(CC(=O)O)c2)CN=C(N)N)cc1OC1CCCC1. The van der Waals surface area contributed by atoms with Gasteiger partial charge in [0, 0.05) is 5.56 Å². The lowest BCUT2D eigenvalue weighted by Gasteiger charge is -2.18. The number of nitrogens with two attached hydrogens (primary N) is 2. The minimum Gasteiger partial charge on any atom is -0.493 e. The van der Waals surface area contributed by atoms with E-state index in [2.05, 4.69) is 16.8 Å². The Kier molecular flexibility index (Phi) is 7.98. The van der Waals surface area contributed by atoms with Crippen LogP contribution in [0.15, 0.2) is 47.5 Å².